The zero-order valence-corrected chi connectivity index (χ0v) is 15.3. The molecule has 1 fully saturated rings. The van der Waals surface area contributed by atoms with Gasteiger partial charge in [-0.1, -0.05) is 4.49 Å². The van der Waals surface area contributed by atoms with E-state index in [1.807, 2.05) is 4.90 Å². The molecule has 1 unspecified atom stereocenters. The maximum absolute atomic E-state index is 13.1. The number of hydrogen-bond acceptors (Lipinski definition) is 6. The first-order chi connectivity index (χ1) is 12.6. The summed E-state index contributed by atoms with van der Waals surface area (Å²) < 4.78 is 9.61. The zero-order valence-electron chi connectivity index (χ0n) is 14.5. The Morgan fingerprint density at radius 3 is 3.04 bits per heavy atom. The van der Waals surface area contributed by atoms with Crippen molar-refractivity contribution in [2.75, 3.05) is 18.5 Å². The summed E-state index contributed by atoms with van der Waals surface area (Å²) >= 11 is 1.05. The molecule has 2 amide bonds. The fraction of sp³-hybridized carbons (Fsp3) is 0.444. The minimum Gasteiger partial charge on any atom is -0.493 e. The van der Waals surface area contributed by atoms with Crippen LogP contribution in [0.3, 0.4) is 0 Å². The number of amides is 2. The molecule has 1 atom stereocenters. The number of piperidine rings is 1. The third-order valence-electron chi connectivity index (χ3n) is 4.92. The maximum atomic E-state index is 13.1. The van der Waals surface area contributed by atoms with Gasteiger partial charge in [0.15, 0.2) is 0 Å². The second kappa shape index (κ2) is 7.03. The molecule has 0 radical (unpaired) electrons. The van der Waals surface area contributed by atoms with Crippen LogP contribution in [0.2, 0.25) is 0 Å². The van der Waals surface area contributed by atoms with E-state index in [2.05, 4.69) is 14.9 Å². The van der Waals surface area contributed by atoms with Crippen molar-refractivity contribution < 1.29 is 14.3 Å². The zero-order chi connectivity index (χ0) is 18.1. The van der Waals surface area contributed by atoms with Crippen molar-refractivity contribution in [3.05, 3.63) is 34.3 Å². The van der Waals surface area contributed by atoms with Crippen molar-refractivity contribution >= 4 is 29.0 Å². The average Bonchev–Trinajstić information content (AvgIpc) is 3.07. The minimum absolute atomic E-state index is 0.0175. The van der Waals surface area contributed by atoms with E-state index >= 15 is 0 Å². The molecule has 2 aliphatic heterocycles. The van der Waals surface area contributed by atoms with E-state index in [9.17, 15) is 9.59 Å². The Hall–Kier alpha value is -2.48. The summed E-state index contributed by atoms with van der Waals surface area (Å²) in [5, 5.41) is 6.69. The molecule has 2 aromatic rings. The number of nitrogens with one attached hydrogen (secondary N) is 1. The van der Waals surface area contributed by atoms with Gasteiger partial charge < -0.3 is 15.0 Å². The molecular formula is C18H20N4O3S. The summed E-state index contributed by atoms with van der Waals surface area (Å²) in [6.07, 6.45) is 4.08. The molecule has 2 aliphatic rings. The molecule has 1 aromatic carbocycles. The van der Waals surface area contributed by atoms with E-state index in [4.69, 9.17) is 4.74 Å². The van der Waals surface area contributed by atoms with Crippen molar-refractivity contribution in [3.8, 4) is 5.75 Å². The van der Waals surface area contributed by atoms with Crippen molar-refractivity contribution in [2.24, 2.45) is 0 Å². The summed E-state index contributed by atoms with van der Waals surface area (Å²) in [6.45, 7) is 3.12. The smallest absolute Gasteiger partial charge is 0.269 e. The van der Waals surface area contributed by atoms with Crippen molar-refractivity contribution in [1.82, 2.24) is 14.5 Å². The average molecular weight is 372 g/mol. The Kier molecular flexibility index (Phi) is 4.58. The van der Waals surface area contributed by atoms with Gasteiger partial charge in [0.05, 0.1) is 17.9 Å². The number of fused-ring (bicyclic) bond motifs is 2. The van der Waals surface area contributed by atoms with Crippen LogP contribution in [0.4, 0.5) is 5.69 Å². The molecular weight excluding hydrogens is 352 g/mol. The second-order valence-electron chi connectivity index (χ2n) is 6.64. The third-order valence-corrected chi connectivity index (χ3v) is 5.75. The first-order valence-electron chi connectivity index (χ1n) is 8.81. The fourth-order valence-electron chi connectivity index (χ4n) is 3.56. The van der Waals surface area contributed by atoms with Gasteiger partial charge in [-0.3, -0.25) is 9.59 Å². The Balaban J connectivity index is 1.61. The van der Waals surface area contributed by atoms with Gasteiger partial charge in [0.1, 0.15) is 10.6 Å². The molecule has 26 heavy (non-hydrogen) atoms. The van der Waals surface area contributed by atoms with Crippen LogP contribution in [0.25, 0.3) is 0 Å². The Morgan fingerprint density at radius 2 is 2.23 bits per heavy atom. The number of nitrogens with zero attached hydrogens (tertiary/aromatic N) is 3. The second-order valence-corrected chi connectivity index (χ2v) is 7.39. The van der Waals surface area contributed by atoms with E-state index in [1.165, 1.54) is 0 Å². The van der Waals surface area contributed by atoms with Gasteiger partial charge in [0.25, 0.3) is 11.8 Å². The van der Waals surface area contributed by atoms with Crippen molar-refractivity contribution in [3.63, 3.8) is 0 Å². The molecule has 1 aromatic heterocycles. The summed E-state index contributed by atoms with van der Waals surface area (Å²) in [4.78, 5) is 27.9. The van der Waals surface area contributed by atoms with Crippen LogP contribution in [-0.4, -0.2) is 45.5 Å². The number of aryl methyl sites for hydroxylation is 1. The highest BCUT2D eigenvalue weighted by Gasteiger charge is 2.31. The van der Waals surface area contributed by atoms with E-state index in [1.54, 1.807) is 25.1 Å². The lowest BCUT2D eigenvalue weighted by Gasteiger charge is -2.37. The molecule has 3 heterocycles. The first kappa shape index (κ1) is 17.0. The van der Waals surface area contributed by atoms with Gasteiger partial charge >= 0.3 is 0 Å². The molecule has 136 valence electrons. The number of benzene rings is 1. The lowest BCUT2D eigenvalue weighted by molar-refractivity contribution is 0.0548. The summed E-state index contributed by atoms with van der Waals surface area (Å²) in [5.74, 6) is 0.288. The number of carbonyl (C=O) groups is 2. The molecule has 0 saturated carbocycles. The van der Waals surface area contributed by atoms with E-state index in [0.717, 1.165) is 43.8 Å². The third kappa shape index (κ3) is 3.16. The quantitative estimate of drug-likeness (QED) is 0.876. The standard InChI is InChI=1S/C18H20N4O3S/c1-11-16(26-21-20-11)17(23)19-12-5-6-15-14(10-12)18(24)22-8-3-2-4-13(22)7-9-25-15/h5-6,10,13H,2-4,7-9H2,1H3,(H,19,23). The van der Waals surface area contributed by atoms with Gasteiger partial charge in [-0.15, -0.1) is 5.10 Å². The van der Waals surface area contributed by atoms with Crippen LogP contribution in [0.15, 0.2) is 18.2 Å². The van der Waals surface area contributed by atoms with Crippen LogP contribution in [0, 0.1) is 6.92 Å². The number of ether oxygens (including phenoxy) is 1. The number of aromatic nitrogens is 2. The number of anilines is 1. The Bertz CT molecular complexity index is 851. The number of hydrogen-bond donors (Lipinski definition) is 1. The Morgan fingerprint density at radius 1 is 1.35 bits per heavy atom. The molecule has 8 heteroatoms. The van der Waals surface area contributed by atoms with Crippen molar-refractivity contribution in [1.29, 1.82) is 0 Å². The summed E-state index contributed by atoms with van der Waals surface area (Å²) in [6, 6.07) is 5.46. The van der Waals surface area contributed by atoms with Crippen LogP contribution in [0.5, 0.6) is 5.75 Å². The van der Waals surface area contributed by atoms with Gasteiger partial charge in [0, 0.05) is 24.7 Å². The molecule has 0 aliphatic carbocycles. The van der Waals surface area contributed by atoms with Crippen LogP contribution >= 0.6 is 11.5 Å². The highest BCUT2D eigenvalue weighted by molar-refractivity contribution is 7.08. The maximum Gasteiger partial charge on any atom is 0.269 e. The highest BCUT2D eigenvalue weighted by atomic mass is 32.1. The van der Waals surface area contributed by atoms with Gasteiger partial charge in [-0.25, -0.2) is 0 Å². The molecule has 7 nitrogen and oxygen atoms in total. The molecule has 0 spiro atoms. The summed E-state index contributed by atoms with van der Waals surface area (Å²) in [7, 11) is 0. The number of carbonyl (C=O) groups excluding carboxylic acids is 2. The van der Waals surface area contributed by atoms with Crippen LogP contribution in [-0.2, 0) is 0 Å². The predicted molar refractivity (Wildman–Crippen MR) is 97.8 cm³/mol. The minimum atomic E-state index is -0.271. The number of rotatable bonds is 2. The molecule has 0 bridgehead atoms. The SMILES string of the molecule is Cc1nnsc1C(=O)Nc1ccc2c(c1)C(=O)N1CCCCC1CCO2. The first-order valence-corrected chi connectivity index (χ1v) is 9.59. The Labute approximate surface area is 155 Å². The van der Waals surface area contributed by atoms with Gasteiger partial charge in [-0.2, -0.15) is 0 Å². The largest absolute Gasteiger partial charge is 0.493 e. The molecule has 1 saturated heterocycles. The molecule has 1 N–H and O–H groups in total. The lowest BCUT2D eigenvalue weighted by Crippen LogP contribution is -2.45. The normalized spacial score (nSPS) is 19.7. The van der Waals surface area contributed by atoms with Crippen molar-refractivity contribution in [2.45, 2.75) is 38.6 Å². The highest BCUT2D eigenvalue weighted by Crippen LogP contribution is 2.31. The topological polar surface area (TPSA) is 84.4 Å². The van der Waals surface area contributed by atoms with Crippen LogP contribution < -0.4 is 10.1 Å². The van der Waals surface area contributed by atoms with E-state index < -0.39 is 0 Å². The van der Waals surface area contributed by atoms with Gasteiger partial charge in [-0.05, 0) is 55.9 Å². The van der Waals surface area contributed by atoms with Crippen LogP contribution in [0.1, 0.15) is 51.4 Å². The summed E-state index contributed by atoms with van der Waals surface area (Å²) in [5.41, 5.74) is 1.66. The fourth-order valence-corrected chi connectivity index (χ4v) is 4.11. The van der Waals surface area contributed by atoms with Gasteiger partial charge in [0.2, 0.25) is 0 Å². The van der Waals surface area contributed by atoms with E-state index in [-0.39, 0.29) is 17.9 Å². The predicted octanol–water partition coefficient (Wildman–Crippen LogP) is 2.88. The monoisotopic (exact) mass is 372 g/mol. The lowest BCUT2D eigenvalue weighted by atomic mass is 9.97. The van der Waals surface area contributed by atoms with E-state index in [0.29, 0.717) is 34.2 Å². The molecule has 4 rings (SSSR count).